The molecule has 0 bridgehead atoms. The van der Waals surface area contributed by atoms with Gasteiger partial charge in [-0.15, -0.1) is 11.3 Å². The number of pyridine rings is 1. The van der Waals surface area contributed by atoms with Crippen molar-refractivity contribution < 1.29 is 4.92 Å². The molecule has 0 aliphatic carbocycles. The van der Waals surface area contributed by atoms with Crippen LogP contribution in [0.2, 0.25) is 0 Å². The van der Waals surface area contributed by atoms with Gasteiger partial charge >= 0.3 is 11.2 Å². The Morgan fingerprint density at radius 3 is 2.87 bits per heavy atom. The van der Waals surface area contributed by atoms with E-state index in [9.17, 15) is 14.9 Å². The van der Waals surface area contributed by atoms with Crippen molar-refractivity contribution in [3.8, 4) is 0 Å². The van der Waals surface area contributed by atoms with Crippen molar-refractivity contribution in [1.82, 2.24) is 4.57 Å². The quantitative estimate of drug-likeness (QED) is 0.581. The van der Waals surface area contributed by atoms with E-state index < -0.39 is 16.2 Å². The fraction of sp³-hybridized carbons (Fsp3) is 0.125. The molecule has 2 N–H and O–H groups in total. The number of aromatic nitrogens is 1. The van der Waals surface area contributed by atoms with Crippen molar-refractivity contribution >= 4 is 32.9 Å². The van der Waals surface area contributed by atoms with Gasteiger partial charge in [0.05, 0.1) is 15.1 Å². The highest BCUT2D eigenvalue weighted by atomic mass is 32.1. The van der Waals surface area contributed by atoms with Crippen LogP contribution in [0.5, 0.6) is 0 Å². The number of thiophene rings is 1. The van der Waals surface area contributed by atoms with Crippen LogP contribution in [-0.2, 0) is 7.05 Å². The van der Waals surface area contributed by atoms with Gasteiger partial charge in [0, 0.05) is 7.05 Å². The lowest BCUT2D eigenvalue weighted by molar-refractivity contribution is -0.385. The van der Waals surface area contributed by atoms with Gasteiger partial charge in [0.1, 0.15) is 5.69 Å². The van der Waals surface area contributed by atoms with E-state index in [0.29, 0.717) is 10.2 Å². The number of anilines is 1. The molecule has 0 radical (unpaired) electrons. The van der Waals surface area contributed by atoms with E-state index in [2.05, 4.69) is 0 Å². The van der Waals surface area contributed by atoms with Gasteiger partial charge in [0.25, 0.3) is 0 Å². The largest absolute Gasteiger partial charge is 0.392 e. The molecule has 15 heavy (non-hydrogen) atoms. The molecule has 0 saturated heterocycles. The SMILES string of the molecule is Cn1c(=O)c([N+](=O)[O-])c(N)c2sccc21. The molecular weight excluding hydrogens is 218 g/mol. The lowest BCUT2D eigenvalue weighted by Crippen LogP contribution is -2.21. The summed E-state index contributed by atoms with van der Waals surface area (Å²) in [5.74, 6) is 0. The van der Waals surface area contributed by atoms with Gasteiger partial charge in [-0.3, -0.25) is 14.9 Å². The molecule has 78 valence electrons. The van der Waals surface area contributed by atoms with Gasteiger partial charge in [0.2, 0.25) is 0 Å². The summed E-state index contributed by atoms with van der Waals surface area (Å²) < 4.78 is 1.81. The molecule has 0 aromatic carbocycles. The van der Waals surface area contributed by atoms with Crippen molar-refractivity contribution in [2.75, 3.05) is 5.73 Å². The highest BCUT2D eigenvalue weighted by Gasteiger charge is 2.22. The maximum atomic E-state index is 11.6. The molecule has 0 unspecified atom stereocenters. The molecule has 0 saturated carbocycles. The first-order valence-corrected chi connectivity index (χ1v) is 4.92. The van der Waals surface area contributed by atoms with Crippen LogP contribution in [0.1, 0.15) is 0 Å². The van der Waals surface area contributed by atoms with Crippen LogP contribution in [0, 0.1) is 10.1 Å². The van der Waals surface area contributed by atoms with Gasteiger partial charge in [-0.1, -0.05) is 0 Å². The van der Waals surface area contributed by atoms with Crippen molar-refractivity contribution in [2.45, 2.75) is 0 Å². The zero-order chi connectivity index (χ0) is 11.2. The van der Waals surface area contributed by atoms with E-state index in [1.807, 2.05) is 0 Å². The fourth-order valence-electron chi connectivity index (χ4n) is 1.44. The summed E-state index contributed by atoms with van der Waals surface area (Å²) >= 11 is 1.28. The van der Waals surface area contributed by atoms with E-state index >= 15 is 0 Å². The lowest BCUT2D eigenvalue weighted by atomic mass is 10.3. The number of aryl methyl sites for hydroxylation is 1. The van der Waals surface area contributed by atoms with Crippen LogP contribution in [-0.4, -0.2) is 9.49 Å². The van der Waals surface area contributed by atoms with Crippen LogP contribution in [0.15, 0.2) is 16.2 Å². The molecule has 0 spiro atoms. The molecule has 2 rings (SSSR count). The topological polar surface area (TPSA) is 91.2 Å². The van der Waals surface area contributed by atoms with Crippen molar-refractivity contribution in [2.24, 2.45) is 7.05 Å². The van der Waals surface area contributed by atoms with Crippen LogP contribution in [0.3, 0.4) is 0 Å². The average Bonchev–Trinajstić information content (AvgIpc) is 2.62. The fourth-order valence-corrected chi connectivity index (χ4v) is 2.32. The van der Waals surface area contributed by atoms with Crippen LogP contribution < -0.4 is 11.3 Å². The Kier molecular flexibility index (Phi) is 1.97. The Morgan fingerprint density at radius 1 is 1.60 bits per heavy atom. The second kappa shape index (κ2) is 3.06. The molecule has 6 nitrogen and oxygen atoms in total. The Bertz CT molecular complexity index is 613. The molecule has 0 amide bonds. The molecule has 0 aliphatic rings. The molecule has 2 aromatic heterocycles. The summed E-state index contributed by atoms with van der Waals surface area (Å²) in [6, 6.07) is 1.71. The number of fused-ring (bicyclic) bond motifs is 1. The number of nitrogens with two attached hydrogens (primary N) is 1. The Balaban J connectivity index is 3.05. The minimum atomic E-state index is -0.739. The number of nitrogen functional groups attached to an aromatic ring is 1. The summed E-state index contributed by atoms with van der Waals surface area (Å²) in [4.78, 5) is 21.5. The normalized spacial score (nSPS) is 10.7. The molecule has 0 fully saturated rings. The average molecular weight is 225 g/mol. The van der Waals surface area contributed by atoms with Gasteiger partial charge in [0.15, 0.2) is 0 Å². The predicted octanol–water partition coefficient (Wildman–Crippen LogP) is 1.09. The van der Waals surface area contributed by atoms with Crippen molar-refractivity contribution in [3.05, 3.63) is 31.9 Å². The second-order valence-corrected chi connectivity index (χ2v) is 3.93. The first-order valence-electron chi connectivity index (χ1n) is 4.04. The Labute approximate surface area is 87.7 Å². The van der Waals surface area contributed by atoms with Crippen LogP contribution in [0.4, 0.5) is 11.4 Å². The molecule has 2 heterocycles. The number of nitro groups is 1. The highest BCUT2D eigenvalue weighted by Crippen LogP contribution is 2.30. The minimum Gasteiger partial charge on any atom is -0.392 e. The summed E-state index contributed by atoms with van der Waals surface area (Å²) in [6.07, 6.45) is 0. The highest BCUT2D eigenvalue weighted by molar-refractivity contribution is 7.17. The number of hydrogen-bond donors (Lipinski definition) is 1. The Morgan fingerprint density at radius 2 is 2.27 bits per heavy atom. The molecule has 0 aliphatic heterocycles. The van der Waals surface area contributed by atoms with E-state index in [1.54, 1.807) is 11.4 Å². The van der Waals surface area contributed by atoms with Crippen LogP contribution in [0.25, 0.3) is 10.2 Å². The summed E-state index contributed by atoms with van der Waals surface area (Å²) in [5.41, 5.74) is 4.93. The third kappa shape index (κ3) is 1.20. The molecule has 7 heteroatoms. The zero-order valence-electron chi connectivity index (χ0n) is 7.76. The van der Waals surface area contributed by atoms with Crippen molar-refractivity contribution in [3.63, 3.8) is 0 Å². The summed E-state index contributed by atoms with van der Waals surface area (Å²) in [7, 11) is 1.49. The number of hydrogen-bond acceptors (Lipinski definition) is 5. The van der Waals surface area contributed by atoms with E-state index in [4.69, 9.17) is 5.73 Å². The standard InChI is InChI=1S/C8H7N3O3S/c1-10-4-2-3-15-7(4)5(9)6(8(10)12)11(13)14/h2-3H,9H2,1H3. The molecular formula is C8H7N3O3S. The van der Waals surface area contributed by atoms with Gasteiger partial charge < -0.3 is 10.3 Å². The third-order valence-electron chi connectivity index (χ3n) is 2.20. The molecule has 2 aromatic rings. The lowest BCUT2D eigenvalue weighted by Gasteiger charge is -2.03. The maximum absolute atomic E-state index is 11.6. The van der Waals surface area contributed by atoms with Gasteiger partial charge in [-0.2, -0.15) is 0 Å². The second-order valence-electron chi connectivity index (χ2n) is 3.02. The first kappa shape index (κ1) is 9.66. The zero-order valence-corrected chi connectivity index (χ0v) is 8.58. The Hall–Kier alpha value is -1.89. The summed E-state index contributed by atoms with van der Waals surface area (Å²) in [6.45, 7) is 0. The van der Waals surface area contributed by atoms with E-state index in [1.165, 1.54) is 23.0 Å². The number of rotatable bonds is 1. The molecule has 0 atom stereocenters. The van der Waals surface area contributed by atoms with Gasteiger partial charge in [-0.05, 0) is 11.4 Å². The summed E-state index contributed by atoms with van der Waals surface area (Å²) in [5, 5.41) is 12.4. The van der Waals surface area contributed by atoms with E-state index in [-0.39, 0.29) is 5.69 Å². The van der Waals surface area contributed by atoms with E-state index in [0.717, 1.165) is 0 Å². The minimum absolute atomic E-state index is 0.0481. The number of nitrogens with zero attached hydrogens (tertiary/aromatic N) is 2. The maximum Gasteiger partial charge on any atom is 0.358 e. The van der Waals surface area contributed by atoms with Crippen LogP contribution >= 0.6 is 11.3 Å². The smallest absolute Gasteiger partial charge is 0.358 e. The monoisotopic (exact) mass is 225 g/mol. The van der Waals surface area contributed by atoms with Gasteiger partial charge in [-0.25, -0.2) is 0 Å². The first-order chi connectivity index (χ1) is 7.04. The third-order valence-corrected chi connectivity index (χ3v) is 3.13. The predicted molar refractivity (Wildman–Crippen MR) is 58.1 cm³/mol. The van der Waals surface area contributed by atoms with Crippen molar-refractivity contribution in [1.29, 1.82) is 0 Å².